The molecule has 0 radical (unpaired) electrons. The molecule has 0 heterocycles. The number of hydrogen-bond acceptors (Lipinski definition) is 2. The standard InChI is InChI=1S/C16H16BrFN2O/c1-10-13(16(21)19-2)4-3-5-15(10)20-9-11-6-7-12(17)8-14(11)18/h3-8,20H,9H2,1-2H3,(H,19,21). The summed E-state index contributed by atoms with van der Waals surface area (Å²) in [5.41, 5.74) is 2.84. The van der Waals surface area contributed by atoms with Crippen molar-refractivity contribution in [3.63, 3.8) is 0 Å². The molecule has 1 amide bonds. The van der Waals surface area contributed by atoms with Crippen molar-refractivity contribution in [2.45, 2.75) is 13.5 Å². The summed E-state index contributed by atoms with van der Waals surface area (Å²) in [6.45, 7) is 2.22. The molecular formula is C16H16BrFN2O. The van der Waals surface area contributed by atoms with Crippen molar-refractivity contribution in [2.24, 2.45) is 0 Å². The van der Waals surface area contributed by atoms with Gasteiger partial charge in [0.05, 0.1) is 0 Å². The predicted molar refractivity (Wildman–Crippen MR) is 86.0 cm³/mol. The van der Waals surface area contributed by atoms with Gasteiger partial charge in [-0.2, -0.15) is 0 Å². The number of benzene rings is 2. The summed E-state index contributed by atoms with van der Waals surface area (Å²) in [7, 11) is 1.60. The van der Waals surface area contributed by atoms with Gasteiger partial charge in [0.15, 0.2) is 0 Å². The molecule has 2 N–H and O–H groups in total. The number of rotatable bonds is 4. The smallest absolute Gasteiger partial charge is 0.251 e. The number of halogens is 2. The molecule has 0 aliphatic carbocycles. The molecular weight excluding hydrogens is 335 g/mol. The fourth-order valence-corrected chi connectivity index (χ4v) is 2.40. The lowest BCUT2D eigenvalue weighted by molar-refractivity contribution is 0.0962. The molecule has 5 heteroatoms. The number of nitrogens with one attached hydrogen (secondary N) is 2. The first-order valence-corrected chi connectivity index (χ1v) is 7.31. The number of amides is 1. The number of carbonyl (C=O) groups is 1. The van der Waals surface area contributed by atoms with Crippen LogP contribution in [0.15, 0.2) is 40.9 Å². The van der Waals surface area contributed by atoms with Crippen LogP contribution in [0, 0.1) is 12.7 Å². The normalized spacial score (nSPS) is 10.3. The van der Waals surface area contributed by atoms with E-state index in [0.717, 1.165) is 11.3 Å². The Labute approximate surface area is 131 Å². The zero-order valence-electron chi connectivity index (χ0n) is 11.8. The van der Waals surface area contributed by atoms with Crippen molar-refractivity contribution in [1.29, 1.82) is 0 Å². The number of hydrogen-bond donors (Lipinski definition) is 2. The fourth-order valence-electron chi connectivity index (χ4n) is 2.06. The molecule has 0 aliphatic heterocycles. The molecule has 0 spiro atoms. The Morgan fingerprint density at radius 2 is 2.05 bits per heavy atom. The van der Waals surface area contributed by atoms with Gasteiger partial charge in [-0.25, -0.2) is 4.39 Å². The van der Waals surface area contributed by atoms with Crippen molar-refractivity contribution < 1.29 is 9.18 Å². The minimum absolute atomic E-state index is 0.133. The second kappa shape index (κ2) is 6.72. The van der Waals surface area contributed by atoms with E-state index >= 15 is 0 Å². The van der Waals surface area contributed by atoms with Crippen LogP contribution in [0.2, 0.25) is 0 Å². The first-order valence-electron chi connectivity index (χ1n) is 6.52. The van der Waals surface area contributed by atoms with Gasteiger partial charge in [-0.1, -0.05) is 28.1 Å². The van der Waals surface area contributed by atoms with Crippen LogP contribution >= 0.6 is 15.9 Å². The van der Waals surface area contributed by atoms with Crippen LogP contribution in [0.5, 0.6) is 0 Å². The lowest BCUT2D eigenvalue weighted by Crippen LogP contribution is -2.19. The Kier molecular flexibility index (Phi) is 4.96. The Hall–Kier alpha value is -1.88. The van der Waals surface area contributed by atoms with Gasteiger partial charge in [-0.3, -0.25) is 4.79 Å². The third kappa shape index (κ3) is 3.61. The monoisotopic (exact) mass is 350 g/mol. The molecule has 0 atom stereocenters. The van der Waals surface area contributed by atoms with Gasteiger partial charge >= 0.3 is 0 Å². The molecule has 0 saturated heterocycles. The lowest BCUT2D eigenvalue weighted by Gasteiger charge is -2.13. The largest absolute Gasteiger partial charge is 0.381 e. The number of anilines is 1. The average molecular weight is 351 g/mol. The molecule has 2 aromatic rings. The summed E-state index contributed by atoms with van der Waals surface area (Å²) in [5.74, 6) is -0.400. The van der Waals surface area contributed by atoms with Gasteiger partial charge < -0.3 is 10.6 Å². The first-order chi connectivity index (χ1) is 10.0. The van der Waals surface area contributed by atoms with E-state index < -0.39 is 0 Å². The molecule has 0 fully saturated rings. The maximum atomic E-state index is 13.8. The van der Waals surface area contributed by atoms with Crippen LogP contribution in [-0.4, -0.2) is 13.0 Å². The molecule has 3 nitrogen and oxygen atoms in total. The summed E-state index contributed by atoms with van der Waals surface area (Å²) in [4.78, 5) is 11.7. The van der Waals surface area contributed by atoms with Crippen LogP contribution in [0.3, 0.4) is 0 Å². The third-order valence-electron chi connectivity index (χ3n) is 3.29. The first kappa shape index (κ1) is 15.5. The summed E-state index contributed by atoms with van der Waals surface area (Å²) >= 11 is 3.23. The Bertz CT molecular complexity index is 673. The zero-order valence-corrected chi connectivity index (χ0v) is 13.4. The minimum atomic E-state index is -0.267. The quantitative estimate of drug-likeness (QED) is 0.878. The summed E-state index contributed by atoms with van der Waals surface area (Å²) in [6.07, 6.45) is 0. The van der Waals surface area contributed by atoms with Gasteiger partial charge in [0.1, 0.15) is 5.82 Å². The van der Waals surface area contributed by atoms with Crippen molar-refractivity contribution in [1.82, 2.24) is 5.32 Å². The number of carbonyl (C=O) groups excluding carboxylic acids is 1. The maximum Gasteiger partial charge on any atom is 0.251 e. The van der Waals surface area contributed by atoms with E-state index in [1.807, 2.05) is 13.0 Å². The third-order valence-corrected chi connectivity index (χ3v) is 3.78. The molecule has 0 unspecified atom stereocenters. The molecule has 0 aliphatic rings. The van der Waals surface area contributed by atoms with Crippen LogP contribution < -0.4 is 10.6 Å². The minimum Gasteiger partial charge on any atom is -0.381 e. The van der Waals surface area contributed by atoms with E-state index in [0.29, 0.717) is 22.1 Å². The summed E-state index contributed by atoms with van der Waals surface area (Å²) in [5, 5.41) is 5.78. The Morgan fingerprint density at radius 1 is 1.29 bits per heavy atom. The van der Waals surface area contributed by atoms with Crippen molar-refractivity contribution >= 4 is 27.5 Å². The van der Waals surface area contributed by atoms with Gasteiger partial charge in [0.2, 0.25) is 0 Å². The summed E-state index contributed by atoms with van der Waals surface area (Å²) < 4.78 is 14.5. The van der Waals surface area contributed by atoms with Gasteiger partial charge in [-0.15, -0.1) is 0 Å². The van der Waals surface area contributed by atoms with E-state index in [9.17, 15) is 9.18 Å². The van der Waals surface area contributed by atoms with E-state index in [4.69, 9.17) is 0 Å². The topological polar surface area (TPSA) is 41.1 Å². The van der Waals surface area contributed by atoms with Crippen LogP contribution in [0.25, 0.3) is 0 Å². The van der Waals surface area contributed by atoms with Crippen LogP contribution in [0.4, 0.5) is 10.1 Å². The highest BCUT2D eigenvalue weighted by molar-refractivity contribution is 9.10. The SMILES string of the molecule is CNC(=O)c1cccc(NCc2ccc(Br)cc2F)c1C. The molecule has 2 rings (SSSR count). The molecule has 2 aromatic carbocycles. The van der Waals surface area contributed by atoms with Crippen molar-refractivity contribution in [3.05, 3.63) is 63.4 Å². The Balaban J connectivity index is 2.18. The van der Waals surface area contributed by atoms with Crippen LogP contribution in [0.1, 0.15) is 21.5 Å². The second-order valence-electron chi connectivity index (χ2n) is 4.65. The van der Waals surface area contributed by atoms with Gasteiger partial charge in [0.25, 0.3) is 5.91 Å². The van der Waals surface area contributed by atoms with Crippen molar-refractivity contribution in [2.75, 3.05) is 12.4 Å². The zero-order chi connectivity index (χ0) is 15.4. The highest BCUT2D eigenvalue weighted by atomic mass is 79.9. The average Bonchev–Trinajstić information content (AvgIpc) is 2.47. The van der Waals surface area contributed by atoms with Gasteiger partial charge in [0, 0.05) is 34.9 Å². The van der Waals surface area contributed by atoms with E-state index in [1.54, 1.807) is 31.3 Å². The predicted octanol–water partition coefficient (Wildman–Crippen LogP) is 3.87. The molecule has 21 heavy (non-hydrogen) atoms. The maximum absolute atomic E-state index is 13.8. The Morgan fingerprint density at radius 3 is 2.71 bits per heavy atom. The fraction of sp³-hybridized carbons (Fsp3) is 0.188. The molecule has 0 bridgehead atoms. The summed E-state index contributed by atoms with van der Waals surface area (Å²) in [6, 6.07) is 10.4. The lowest BCUT2D eigenvalue weighted by atomic mass is 10.1. The van der Waals surface area contributed by atoms with Crippen LogP contribution in [-0.2, 0) is 6.54 Å². The van der Waals surface area contributed by atoms with E-state index in [-0.39, 0.29) is 11.7 Å². The second-order valence-corrected chi connectivity index (χ2v) is 5.56. The van der Waals surface area contributed by atoms with E-state index in [1.165, 1.54) is 6.07 Å². The molecule has 110 valence electrons. The van der Waals surface area contributed by atoms with Gasteiger partial charge in [-0.05, 0) is 36.8 Å². The highest BCUT2D eigenvalue weighted by Gasteiger charge is 2.10. The molecule has 0 saturated carbocycles. The van der Waals surface area contributed by atoms with E-state index in [2.05, 4.69) is 26.6 Å². The van der Waals surface area contributed by atoms with Crippen molar-refractivity contribution in [3.8, 4) is 0 Å². The highest BCUT2D eigenvalue weighted by Crippen LogP contribution is 2.21. The molecule has 0 aromatic heterocycles.